The number of carbonyl (C=O) groups is 2. The molecule has 0 atom stereocenters. The third-order valence-corrected chi connectivity index (χ3v) is 3.89. The van der Waals surface area contributed by atoms with E-state index >= 15 is 0 Å². The van der Waals surface area contributed by atoms with Crippen LogP contribution in [0.3, 0.4) is 0 Å². The van der Waals surface area contributed by atoms with E-state index in [1.807, 2.05) is 32.0 Å². The van der Waals surface area contributed by atoms with E-state index in [0.717, 1.165) is 23.3 Å². The Bertz CT molecular complexity index is 553. The molecule has 1 fully saturated rings. The van der Waals surface area contributed by atoms with Crippen molar-refractivity contribution in [2.75, 3.05) is 39.9 Å². The number of rotatable bonds is 7. The molecule has 23 heavy (non-hydrogen) atoms. The molecule has 126 valence electrons. The summed E-state index contributed by atoms with van der Waals surface area (Å²) in [4.78, 5) is 26.4. The number of carbonyl (C=O) groups excluding carboxylic acids is 2. The van der Waals surface area contributed by atoms with Crippen LogP contribution in [0.2, 0.25) is 0 Å². The number of aryl methyl sites for hydroxylation is 2. The van der Waals surface area contributed by atoms with Gasteiger partial charge in [-0.1, -0.05) is 18.2 Å². The highest BCUT2D eigenvalue weighted by atomic mass is 16.6. The minimum absolute atomic E-state index is 0.0765. The van der Waals surface area contributed by atoms with Crippen LogP contribution in [-0.2, 0) is 9.53 Å². The van der Waals surface area contributed by atoms with Gasteiger partial charge in [-0.25, -0.2) is 4.79 Å². The van der Waals surface area contributed by atoms with Crippen LogP contribution in [0, 0.1) is 13.8 Å². The number of para-hydroxylation sites is 1. The van der Waals surface area contributed by atoms with Gasteiger partial charge in [0, 0.05) is 13.6 Å². The molecule has 1 aliphatic heterocycles. The number of nitrogens with zero attached hydrogens (tertiary/aromatic N) is 2. The molecule has 0 radical (unpaired) electrons. The maximum Gasteiger partial charge on any atom is 0.410 e. The highest BCUT2D eigenvalue weighted by Gasteiger charge is 2.25. The zero-order valence-electron chi connectivity index (χ0n) is 14.0. The molecule has 1 aliphatic rings. The second kappa shape index (κ2) is 7.85. The summed E-state index contributed by atoms with van der Waals surface area (Å²) in [6.07, 6.45) is 0.325. The van der Waals surface area contributed by atoms with Gasteiger partial charge >= 0.3 is 6.09 Å². The van der Waals surface area contributed by atoms with Crippen LogP contribution in [0.4, 0.5) is 4.79 Å². The Hall–Kier alpha value is -2.24. The van der Waals surface area contributed by atoms with E-state index in [2.05, 4.69) is 0 Å². The minimum Gasteiger partial charge on any atom is -0.493 e. The van der Waals surface area contributed by atoms with Gasteiger partial charge in [-0.05, 0) is 31.4 Å². The monoisotopic (exact) mass is 320 g/mol. The average molecular weight is 320 g/mol. The van der Waals surface area contributed by atoms with Gasteiger partial charge in [0.05, 0.1) is 13.2 Å². The highest BCUT2D eigenvalue weighted by molar-refractivity contribution is 5.82. The van der Waals surface area contributed by atoms with Gasteiger partial charge in [-0.3, -0.25) is 9.69 Å². The van der Waals surface area contributed by atoms with E-state index in [1.54, 1.807) is 11.9 Å². The number of cyclic esters (lactones) is 1. The van der Waals surface area contributed by atoms with Crippen LogP contribution in [-0.4, -0.2) is 61.7 Å². The molecular formula is C17H24N2O4. The molecule has 2 amide bonds. The van der Waals surface area contributed by atoms with Gasteiger partial charge in [-0.2, -0.15) is 0 Å². The topological polar surface area (TPSA) is 59.1 Å². The smallest absolute Gasteiger partial charge is 0.410 e. The average Bonchev–Trinajstić information content (AvgIpc) is 2.91. The molecule has 1 aromatic carbocycles. The molecular weight excluding hydrogens is 296 g/mol. The lowest BCUT2D eigenvalue weighted by Crippen LogP contribution is -2.39. The number of likely N-dealkylation sites (N-methyl/N-ethyl adjacent to an activating group) is 1. The first-order valence-electron chi connectivity index (χ1n) is 7.83. The zero-order chi connectivity index (χ0) is 16.8. The van der Waals surface area contributed by atoms with E-state index in [4.69, 9.17) is 9.47 Å². The standard InChI is InChI=1S/C17H24N2O4/c1-13-6-4-7-14(2)16(13)22-10-5-8-18(3)15(20)12-19-9-11-23-17(19)21/h4,6-7H,5,8-12H2,1-3H3. The summed E-state index contributed by atoms with van der Waals surface area (Å²) in [7, 11) is 1.74. The third-order valence-electron chi connectivity index (χ3n) is 3.89. The molecule has 0 spiro atoms. The van der Waals surface area contributed by atoms with Crippen molar-refractivity contribution in [3.63, 3.8) is 0 Å². The van der Waals surface area contributed by atoms with Crippen LogP contribution in [0.25, 0.3) is 0 Å². The highest BCUT2D eigenvalue weighted by Crippen LogP contribution is 2.22. The lowest BCUT2D eigenvalue weighted by molar-refractivity contribution is -0.130. The van der Waals surface area contributed by atoms with Crippen molar-refractivity contribution in [1.29, 1.82) is 0 Å². The molecule has 0 bridgehead atoms. The number of amides is 2. The van der Waals surface area contributed by atoms with Gasteiger partial charge in [0.25, 0.3) is 0 Å². The Kier molecular flexibility index (Phi) is 5.84. The van der Waals surface area contributed by atoms with Gasteiger partial charge in [0.1, 0.15) is 18.9 Å². The van der Waals surface area contributed by atoms with Crippen molar-refractivity contribution >= 4 is 12.0 Å². The molecule has 6 nitrogen and oxygen atoms in total. The first kappa shape index (κ1) is 17.1. The van der Waals surface area contributed by atoms with Crippen LogP contribution >= 0.6 is 0 Å². The van der Waals surface area contributed by atoms with Crippen LogP contribution in [0.5, 0.6) is 5.75 Å². The van der Waals surface area contributed by atoms with Crippen molar-refractivity contribution in [3.8, 4) is 5.75 Å². The van der Waals surface area contributed by atoms with Crippen LogP contribution in [0.15, 0.2) is 18.2 Å². The van der Waals surface area contributed by atoms with Gasteiger partial charge < -0.3 is 14.4 Å². The summed E-state index contributed by atoms with van der Waals surface area (Å²) in [5, 5.41) is 0. The maximum absolute atomic E-state index is 12.1. The third kappa shape index (κ3) is 4.61. The zero-order valence-corrected chi connectivity index (χ0v) is 14.0. The van der Waals surface area contributed by atoms with E-state index in [0.29, 0.717) is 26.3 Å². The Balaban J connectivity index is 1.71. The summed E-state index contributed by atoms with van der Waals surface area (Å²) in [6, 6.07) is 6.05. The molecule has 6 heteroatoms. The van der Waals surface area contributed by atoms with E-state index in [-0.39, 0.29) is 12.5 Å². The van der Waals surface area contributed by atoms with Crippen LogP contribution in [0.1, 0.15) is 17.5 Å². The number of hydrogen-bond donors (Lipinski definition) is 0. The fourth-order valence-electron chi connectivity index (χ4n) is 2.48. The number of hydrogen-bond acceptors (Lipinski definition) is 4. The van der Waals surface area contributed by atoms with Crippen LogP contribution < -0.4 is 4.74 Å². The Morgan fingerprint density at radius 1 is 1.35 bits per heavy atom. The predicted molar refractivity (Wildman–Crippen MR) is 86.6 cm³/mol. The number of ether oxygens (including phenoxy) is 2. The molecule has 0 saturated carbocycles. The summed E-state index contributed by atoms with van der Waals surface area (Å²) in [6.45, 7) is 6.10. The first-order valence-corrected chi connectivity index (χ1v) is 7.83. The second-order valence-corrected chi connectivity index (χ2v) is 5.77. The van der Waals surface area contributed by atoms with Gasteiger partial charge in [0.15, 0.2) is 0 Å². The summed E-state index contributed by atoms with van der Waals surface area (Å²) < 4.78 is 10.6. The fraction of sp³-hybridized carbons (Fsp3) is 0.529. The molecule has 2 rings (SSSR count). The number of benzene rings is 1. The van der Waals surface area contributed by atoms with Crippen molar-refractivity contribution in [2.45, 2.75) is 20.3 Å². The fourth-order valence-corrected chi connectivity index (χ4v) is 2.48. The molecule has 1 aromatic rings. The summed E-state index contributed by atoms with van der Waals surface area (Å²) in [5.74, 6) is 0.831. The normalized spacial score (nSPS) is 13.9. The first-order chi connectivity index (χ1) is 11.0. The largest absolute Gasteiger partial charge is 0.493 e. The Morgan fingerprint density at radius 2 is 2.04 bits per heavy atom. The molecule has 0 unspecified atom stereocenters. The van der Waals surface area contributed by atoms with Gasteiger partial charge in [-0.15, -0.1) is 0 Å². The quantitative estimate of drug-likeness (QED) is 0.721. The van der Waals surface area contributed by atoms with Gasteiger partial charge in [0.2, 0.25) is 5.91 Å². The molecule has 1 saturated heterocycles. The molecule has 0 aliphatic carbocycles. The maximum atomic E-state index is 12.1. The molecule has 0 aromatic heterocycles. The second-order valence-electron chi connectivity index (χ2n) is 5.77. The SMILES string of the molecule is Cc1cccc(C)c1OCCCN(C)C(=O)CN1CCOC1=O. The lowest BCUT2D eigenvalue weighted by Gasteiger charge is -2.20. The Labute approximate surface area is 137 Å². The summed E-state index contributed by atoms with van der Waals surface area (Å²) >= 11 is 0. The lowest BCUT2D eigenvalue weighted by atomic mass is 10.1. The summed E-state index contributed by atoms with van der Waals surface area (Å²) in [5.41, 5.74) is 2.23. The molecule has 1 heterocycles. The van der Waals surface area contributed by atoms with E-state index < -0.39 is 6.09 Å². The van der Waals surface area contributed by atoms with Crippen molar-refractivity contribution in [2.24, 2.45) is 0 Å². The van der Waals surface area contributed by atoms with Crippen molar-refractivity contribution in [3.05, 3.63) is 29.3 Å². The van der Waals surface area contributed by atoms with E-state index in [9.17, 15) is 9.59 Å². The minimum atomic E-state index is -0.412. The van der Waals surface area contributed by atoms with Crippen molar-refractivity contribution < 1.29 is 19.1 Å². The predicted octanol–water partition coefficient (Wildman–Crippen LogP) is 1.98. The van der Waals surface area contributed by atoms with Crippen molar-refractivity contribution in [1.82, 2.24) is 9.80 Å². The van der Waals surface area contributed by atoms with E-state index in [1.165, 1.54) is 4.90 Å². The molecule has 0 N–H and O–H groups in total. The Morgan fingerprint density at radius 3 is 2.65 bits per heavy atom.